The van der Waals surface area contributed by atoms with Gasteiger partial charge in [0.1, 0.15) is 22.2 Å². The second-order valence-corrected chi connectivity index (χ2v) is 11.7. The predicted octanol–water partition coefficient (Wildman–Crippen LogP) is 7.42. The zero-order chi connectivity index (χ0) is 25.9. The first-order valence-corrected chi connectivity index (χ1v) is 15.0. The van der Waals surface area contributed by atoms with Crippen molar-refractivity contribution < 1.29 is 0 Å². The lowest BCUT2D eigenvalue weighted by Crippen LogP contribution is -2.02. The minimum atomic E-state index is 0.687. The van der Waals surface area contributed by atoms with Crippen LogP contribution < -0.4 is 0 Å². The summed E-state index contributed by atoms with van der Waals surface area (Å²) in [7, 11) is 0. The molecule has 0 amide bonds. The van der Waals surface area contributed by atoms with E-state index in [4.69, 9.17) is 9.97 Å². The van der Waals surface area contributed by atoms with Crippen LogP contribution in [-0.2, 0) is 25.7 Å². The molecule has 0 saturated heterocycles. The van der Waals surface area contributed by atoms with E-state index >= 15 is 0 Å². The normalized spacial score (nSPS) is 13.5. The van der Waals surface area contributed by atoms with Crippen LogP contribution in [0.15, 0.2) is 70.7 Å². The van der Waals surface area contributed by atoms with E-state index in [0.717, 1.165) is 93.7 Å². The van der Waals surface area contributed by atoms with Crippen molar-refractivity contribution in [3.63, 3.8) is 0 Å². The number of fused-ring (bicyclic) bond motifs is 2. The summed E-state index contributed by atoms with van der Waals surface area (Å²) in [5.41, 5.74) is 10.4. The van der Waals surface area contributed by atoms with Crippen LogP contribution in [-0.4, -0.2) is 21.5 Å². The van der Waals surface area contributed by atoms with Crippen LogP contribution in [0.2, 0.25) is 0 Å². The molecule has 2 aromatic heterocycles. The maximum Gasteiger partial charge on any atom is 0.115 e. The Bertz CT molecular complexity index is 1460. The number of pyridine rings is 2. The Labute approximate surface area is 232 Å². The molecular weight excluding hydrogens is 505 g/mol. The molecule has 0 N–H and O–H groups in total. The maximum atomic E-state index is 10.2. The summed E-state index contributed by atoms with van der Waals surface area (Å²) in [5.74, 6) is 1.56. The molecule has 38 heavy (non-hydrogen) atoms. The van der Waals surface area contributed by atoms with Gasteiger partial charge in [-0.15, -0.1) is 23.5 Å². The molecule has 186 valence electrons. The lowest BCUT2D eigenvalue weighted by atomic mass is 9.95. The number of nitrogens with zero attached hydrogens (tertiary/aromatic N) is 4. The monoisotopic (exact) mass is 530 g/mol. The summed E-state index contributed by atoms with van der Waals surface area (Å²) in [6.45, 7) is 0. The average Bonchev–Trinajstić information content (AvgIpc) is 3.64. The Morgan fingerprint density at radius 1 is 0.605 bits per heavy atom. The molecule has 2 aliphatic rings. The molecule has 0 saturated carbocycles. The highest BCUT2D eigenvalue weighted by Gasteiger charge is 2.26. The molecule has 0 atom stereocenters. The summed E-state index contributed by atoms with van der Waals surface area (Å²) in [4.78, 5) is 9.91. The standard InChI is InChI=1S/C32H26N4S2/c33-19-25-29(21-9-3-1-4-10-21)23-13-7-15-27(23)35-31(25)37-17-18-38-32-26(20-34)30(22-11-5-2-6-12-22)24-14-8-16-28(24)36-32/h1-6,9-12H,7-8,13-18H2. The van der Waals surface area contributed by atoms with Gasteiger partial charge < -0.3 is 0 Å². The number of rotatable bonds is 7. The largest absolute Gasteiger partial charge is 0.245 e. The number of aryl methyl sites for hydroxylation is 2. The van der Waals surface area contributed by atoms with Crippen molar-refractivity contribution in [3.8, 4) is 34.4 Å². The Morgan fingerprint density at radius 2 is 1.03 bits per heavy atom. The highest BCUT2D eigenvalue weighted by Crippen LogP contribution is 2.40. The zero-order valence-corrected chi connectivity index (χ0v) is 22.7. The van der Waals surface area contributed by atoms with E-state index in [2.05, 4.69) is 36.4 Å². The number of hydrogen-bond acceptors (Lipinski definition) is 6. The summed E-state index contributed by atoms with van der Waals surface area (Å²) >= 11 is 3.28. The molecule has 2 aromatic carbocycles. The number of hydrogen-bond donors (Lipinski definition) is 0. The van der Waals surface area contributed by atoms with Crippen LogP contribution >= 0.6 is 23.5 Å². The molecule has 4 nitrogen and oxygen atoms in total. The van der Waals surface area contributed by atoms with E-state index in [-0.39, 0.29) is 0 Å². The molecule has 4 aromatic rings. The van der Waals surface area contributed by atoms with E-state index in [1.807, 2.05) is 36.4 Å². The van der Waals surface area contributed by atoms with Crippen molar-refractivity contribution in [3.05, 3.63) is 94.3 Å². The second kappa shape index (κ2) is 11.0. The van der Waals surface area contributed by atoms with Crippen LogP contribution in [0.4, 0.5) is 0 Å². The molecular formula is C32H26N4S2. The lowest BCUT2D eigenvalue weighted by Gasteiger charge is -2.15. The Morgan fingerprint density at radius 3 is 1.42 bits per heavy atom. The van der Waals surface area contributed by atoms with E-state index < -0.39 is 0 Å². The van der Waals surface area contributed by atoms with Gasteiger partial charge in [0, 0.05) is 34.0 Å². The van der Waals surface area contributed by atoms with Gasteiger partial charge in [-0.3, -0.25) is 0 Å². The third kappa shape index (κ3) is 4.60. The Hall–Kier alpha value is -3.58. The summed E-state index contributed by atoms with van der Waals surface area (Å²) in [6.07, 6.45) is 6.06. The number of aromatic nitrogens is 2. The van der Waals surface area contributed by atoms with Gasteiger partial charge in [-0.05, 0) is 60.8 Å². The number of nitriles is 2. The van der Waals surface area contributed by atoms with Crippen molar-refractivity contribution in [2.24, 2.45) is 0 Å². The molecule has 0 aliphatic heterocycles. The van der Waals surface area contributed by atoms with Crippen molar-refractivity contribution in [2.45, 2.75) is 48.6 Å². The van der Waals surface area contributed by atoms with Gasteiger partial charge in [0.15, 0.2) is 0 Å². The van der Waals surface area contributed by atoms with Gasteiger partial charge in [0.05, 0.1) is 11.1 Å². The Balaban J connectivity index is 1.26. The van der Waals surface area contributed by atoms with Crippen molar-refractivity contribution >= 4 is 23.5 Å². The fraction of sp³-hybridized carbons (Fsp3) is 0.250. The maximum absolute atomic E-state index is 10.2. The van der Waals surface area contributed by atoms with Gasteiger partial charge in [-0.2, -0.15) is 10.5 Å². The second-order valence-electron chi connectivity index (χ2n) is 9.54. The topological polar surface area (TPSA) is 73.4 Å². The van der Waals surface area contributed by atoms with E-state index in [1.165, 1.54) is 11.1 Å². The first-order valence-electron chi connectivity index (χ1n) is 13.1. The molecule has 0 unspecified atom stereocenters. The SMILES string of the molecule is N#Cc1c(SCCSc2nc3c(c(-c4ccccc4)c2C#N)CCC3)nc2c(c1-c1ccccc1)CCC2. The van der Waals surface area contributed by atoms with Crippen molar-refractivity contribution in [1.82, 2.24) is 9.97 Å². The fourth-order valence-electron chi connectivity index (χ4n) is 5.65. The molecule has 0 spiro atoms. The summed E-state index contributed by atoms with van der Waals surface area (Å²) < 4.78 is 0. The van der Waals surface area contributed by atoms with E-state index in [0.29, 0.717) is 11.1 Å². The summed E-state index contributed by atoms with van der Waals surface area (Å²) in [6, 6.07) is 25.5. The first-order chi connectivity index (χ1) is 18.8. The quantitative estimate of drug-likeness (QED) is 0.183. The minimum absolute atomic E-state index is 0.687. The smallest absolute Gasteiger partial charge is 0.115 e. The minimum Gasteiger partial charge on any atom is -0.245 e. The average molecular weight is 531 g/mol. The molecule has 2 aliphatic carbocycles. The van der Waals surface area contributed by atoms with Crippen LogP contribution in [0, 0.1) is 22.7 Å². The number of benzene rings is 2. The van der Waals surface area contributed by atoms with Crippen LogP contribution in [0.3, 0.4) is 0 Å². The van der Waals surface area contributed by atoms with Crippen LogP contribution in [0.5, 0.6) is 0 Å². The Kier molecular flexibility index (Phi) is 7.18. The lowest BCUT2D eigenvalue weighted by molar-refractivity contribution is 0.891. The molecule has 6 rings (SSSR count). The van der Waals surface area contributed by atoms with Crippen molar-refractivity contribution in [2.75, 3.05) is 11.5 Å². The van der Waals surface area contributed by atoms with E-state index in [1.54, 1.807) is 23.5 Å². The van der Waals surface area contributed by atoms with Gasteiger partial charge in [0.2, 0.25) is 0 Å². The van der Waals surface area contributed by atoms with E-state index in [9.17, 15) is 10.5 Å². The number of thioether (sulfide) groups is 2. The molecule has 2 heterocycles. The molecule has 0 bridgehead atoms. The van der Waals surface area contributed by atoms with Gasteiger partial charge in [-0.25, -0.2) is 9.97 Å². The molecule has 0 fully saturated rings. The molecule has 0 radical (unpaired) electrons. The third-order valence-electron chi connectivity index (χ3n) is 7.29. The third-order valence-corrected chi connectivity index (χ3v) is 9.50. The predicted molar refractivity (Wildman–Crippen MR) is 154 cm³/mol. The zero-order valence-electron chi connectivity index (χ0n) is 21.0. The highest BCUT2D eigenvalue weighted by molar-refractivity contribution is 8.02. The summed E-state index contributed by atoms with van der Waals surface area (Å²) in [5, 5.41) is 22.0. The fourth-order valence-corrected chi connectivity index (χ4v) is 7.64. The van der Waals surface area contributed by atoms with Crippen molar-refractivity contribution in [1.29, 1.82) is 10.5 Å². The van der Waals surface area contributed by atoms with Crippen LogP contribution in [0.1, 0.15) is 46.5 Å². The highest BCUT2D eigenvalue weighted by atomic mass is 32.2. The molecule has 6 heteroatoms. The van der Waals surface area contributed by atoms with Gasteiger partial charge in [-0.1, -0.05) is 60.7 Å². The van der Waals surface area contributed by atoms with Gasteiger partial charge in [0.25, 0.3) is 0 Å². The first kappa shape index (κ1) is 24.7. The van der Waals surface area contributed by atoms with Gasteiger partial charge >= 0.3 is 0 Å². The van der Waals surface area contributed by atoms with Crippen LogP contribution in [0.25, 0.3) is 22.3 Å².